The van der Waals surface area contributed by atoms with Crippen LogP contribution in [0, 0.1) is 13.5 Å². The Labute approximate surface area is 154 Å². The second-order valence-corrected chi connectivity index (χ2v) is 7.88. The molecule has 1 aromatic heterocycles. The third-order valence-electron chi connectivity index (χ3n) is 4.84. The van der Waals surface area contributed by atoms with Crippen molar-refractivity contribution in [3.63, 3.8) is 0 Å². The standard InChI is InChI=1S/C19H26N4O3/c1-13-15(8-21-9-16(13)20-5)17-11-22-6-7-23(10-14(22)12-25-17)18(24)26-19(2,3)4/h8-9,14,17H,6-7,10-12H2,1-4H3/t14-,17+/m0/s1. The summed E-state index contributed by atoms with van der Waals surface area (Å²) in [5.74, 6) is 0. The van der Waals surface area contributed by atoms with Crippen molar-refractivity contribution in [1.29, 1.82) is 0 Å². The van der Waals surface area contributed by atoms with Gasteiger partial charge >= 0.3 is 6.09 Å². The number of pyridine rings is 1. The fourth-order valence-corrected chi connectivity index (χ4v) is 3.43. The molecule has 1 aromatic rings. The lowest BCUT2D eigenvalue weighted by Gasteiger charge is -2.46. The van der Waals surface area contributed by atoms with Crippen LogP contribution in [-0.2, 0) is 9.47 Å². The molecule has 2 atom stereocenters. The lowest BCUT2D eigenvalue weighted by atomic mass is 10.0. The van der Waals surface area contributed by atoms with Crippen LogP contribution in [0.3, 0.4) is 0 Å². The van der Waals surface area contributed by atoms with Gasteiger partial charge in [-0.15, -0.1) is 0 Å². The third-order valence-corrected chi connectivity index (χ3v) is 4.84. The van der Waals surface area contributed by atoms with Crippen molar-refractivity contribution in [1.82, 2.24) is 14.8 Å². The molecule has 0 aromatic carbocycles. The number of amides is 1. The van der Waals surface area contributed by atoms with Crippen LogP contribution in [-0.4, -0.2) is 65.3 Å². The number of hydrogen-bond acceptors (Lipinski definition) is 5. The molecule has 0 aliphatic carbocycles. The van der Waals surface area contributed by atoms with Crippen LogP contribution in [0.5, 0.6) is 0 Å². The van der Waals surface area contributed by atoms with Gasteiger partial charge in [0.15, 0.2) is 0 Å². The van der Waals surface area contributed by atoms with Crippen LogP contribution in [0.15, 0.2) is 12.4 Å². The van der Waals surface area contributed by atoms with Gasteiger partial charge in [0.25, 0.3) is 0 Å². The summed E-state index contributed by atoms with van der Waals surface area (Å²) in [5.41, 5.74) is 2.00. The van der Waals surface area contributed by atoms with Crippen LogP contribution < -0.4 is 0 Å². The smallest absolute Gasteiger partial charge is 0.410 e. The van der Waals surface area contributed by atoms with Gasteiger partial charge in [-0.05, 0) is 38.8 Å². The largest absolute Gasteiger partial charge is 0.444 e. The molecular weight excluding hydrogens is 332 g/mol. The minimum absolute atomic E-state index is 0.0893. The molecule has 7 nitrogen and oxygen atoms in total. The Morgan fingerprint density at radius 2 is 2.12 bits per heavy atom. The summed E-state index contributed by atoms with van der Waals surface area (Å²) in [4.78, 5) is 24.1. The van der Waals surface area contributed by atoms with Gasteiger partial charge < -0.3 is 14.4 Å². The molecule has 3 rings (SSSR count). The van der Waals surface area contributed by atoms with Crippen LogP contribution in [0.2, 0.25) is 0 Å². The molecular formula is C19H26N4O3. The van der Waals surface area contributed by atoms with Gasteiger partial charge in [0.05, 0.1) is 25.3 Å². The molecule has 2 fully saturated rings. The normalized spacial score (nSPS) is 23.9. The van der Waals surface area contributed by atoms with E-state index in [-0.39, 0.29) is 18.2 Å². The number of aromatic nitrogens is 1. The minimum atomic E-state index is -0.485. The molecule has 26 heavy (non-hydrogen) atoms. The molecule has 0 N–H and O–H groups in total. The number of nitrogens with zero attached hydrogens (tertiary/aromatic N) is 4. The topological polar surface area (TPSA) is 59.3 Å². The summed E-state index contributed by atoms with van der Waals surface area (Å²) in [5, 5.41) is 0. The Balaban J connectivity index is 1.64. The van der Waals surface area contributed by atoms with E-state index in [4.69, 9.17) is 16.0 Å². The number of ether oxygens (including phenoxy) is 2. The highest BCUT2D eigenvalue weighted by atomic mass is 16.6. The van der Waals surface area contributed by atoms with E-state index in [2.05, 4.69) is 14.7 Å². The number of carbonyl (C=O) groups excluding carboxylic acids is 1. The second kappa shape index (κ2) is 7.22. The first-order valence-electron chi connectivity index (χ1n) is 8.94. The van der Waals surface area contributed by atoms with Crippen LogP contribution >= 0.6 is 0 Å². The number of morpholine rings is 1. The maximum atomic E-state index is 12.3. The van der Waals surface area contributed by atoms with Gasteiger partial charge in [-0.1, -0.05) is 0 Å². The molecule has 2 aliphatic rings. The highest BCUT2D eigenvalue weighted by Gasteiger charge is 2.37. The Kier molecular flexibility index (Phi) is 5.17. The fraction of sp³-hybridized carbons (Fsp3) is 0.632. The first-order valence-corrected chi connectivity index (χ1v) is 8.94. The maximum Gasteiger partial charge on any atom is 0.410 e. The Bertz CT molecular complexity index is 722. The van der Waals surface area contributed by atoms with Crippen LogP contribution in [0.4, 0.5) is 10.5 Å². The minimum Gasteiger partial charge on any atom is -0.444 e. The lowest BCUT2D eigenvalue weighted by molar-refractivity contribution is -0.0908. The number of rotatable bonds is 1. The van der Waals surface area contributed by atoms with Crippen LogP contribution in [0.1, 0.15) is 38.0 Å². The zero-order valence-electron chi connectivity index (χ0n) is 15.9. The van der Waals surface area contributed by atoms with Crippen molar-refractivity contribution < 1.29 is 14.3 Å². The second-order valence-electron chi connectivity index (χ2n) is 7.88. The summed E-state index contributed by atoms with van der Waals surface area (Å²) in [6, 6.07) is 0.171. The van der Waals surface area contributed by atoms with E-state index in [0.29, 0.717) is 25.4 Å². The number of hydrogen-bond donors (Lipinski definition) is 0. The predicted molar refractivity (Wildman–Crippen MR) is 97.1 cm³/mol. The Morgan fingerprint density at radius 1 is 1.35 bits per heavy atom. The highest BCUT2D eigenvalue weighted by Crippen LogP contribution is 2.32. The predicted octanol–water partition coefficient (Wildman–Crippen LogP) is 2.93. The van der Waals surface area contributed by atoms with Gasteiger partial charge in [0, 0.05) is 38.6 Å². The van der Waals surface area contributed by atoms with E-state index < -0.39 is 5.60 Å². The number of piperazine rings is 1. The average Bonchev–Trinajstić information content (AvgIpc) is 2.59. The molecule has 0 unspecified atom stereocenters. The summed E-state index contributed by atoms with van der Waals surface area (Å²) in [6.07, 6.45) is 3.04. The van der Waals surface area contributed by atoms with E-state index >= 15 is 0 Å². The van der Waals surface area contributed by atoms with Gasteiger partial charge in [-0.25, -0.2) is 9.64 Å². The Morgan fingerprint density at radius 3 is 2.81 bits per heavy atom. The zero-order valence-corrected chi connectivity index (χ0v) is 15.9. The fourth-order valence-electron chi connectivity index (χ4n) is 3.43. The first kappa shape index (κ1) is 18.6. The van der Waals surface area contributed by atoms with E-state index in [0.717, 1.165) is 24.2 Å². The molecule has 3 heterocycles. The summed E-state index contributed by atoms with van der Waals surface area (Å²) < 4.78 is 11.6. The molecule has 140 valence electrons. The monoisotopic (exact) mass is 358 g/mol. The summed E-state index contributed by atoms with van der Waals surface area (Å²) >= 11 is 0. The summed E-state index contributed by atoms with van der Waals surface area (Å²) in [6.45, 7) is 18.2. The van der Waals surface area contributed by atoms with Gasteiger partial charge in [0.2, 0.25) is 5.69 Å². The van der Waals surface area contributed by atoms with Gasteiger partial charge in [-0.2, -0.15) is 0 Å². The SMILES string of the molecule is [C-]#[N+]c1cncc([C@H]2CN3CCN(C(=O)OC(C)(C)C)C[C@H]3CO2)c1C. The lowest BCUT2D eigenvalue weighted by Crippen LogP contribution is -2.60. The van der Waals surface area contributed by atoms with E-state index in [1.807, 2.05) is 27.7 Å². The van der Waals surface area contributed by atoms with Gasteiger partial charge in [-0.3, -0.25) is 9.88 Å². The quantitative estimate of drug-likeness (QED) is 0.723. The average molecular weight is 358 g/mol. The first-order chi connectivity index (χ1) is 12.3. The summed E-state index contributed by atoms with van der Waals surface area (Å²) in [7, 11) is 0. The van der Waals surface area contributed by atoms with Crippen molar-refractivity contribution in [2.45, 2.75) is 45.4 Å². The molecule has 0 bridgehead atoms. The van der Waals surface area contributed by atoms with Crippen molar-refractivity contribution in [3.8, 4) is 0 Å². The third kappa shape index (κ3) is 3.97. The molecule has 7 heteroatoms. The van der Waals surface area contributed by atoms with Crippen LogP contribution in [0.25, 0.3) is 4.85 Å². The highest BCUT2D eigenvalue weighted by molar-refractivity contribution is 5.68. The molecule has 2 aliphatic heterocycles. The molecule has 2 saturated heterocycles. The zero-order chi connectivity index (χ0) is 18.9. The Hall–Kier alpha value is -2.17. The van der Waals surface area contributed by atoms with Crippen molar-refractivity contribution in [2.24, 2.45) is 0 Å². The van der Waals surface area contributed by atoms with E-state index in [9.17, 15) is 4.79 Å². The molecule has 0 spiro atoms. The van der Waals surface area contributed by atoms with E-state index in [1.165, 1.54) is 0 Å². The van der Waals surface area contributed by atoms with Crippen molar-refractivity contribution >= 4 is 11.8 Å². The molecule has 0 radical (unpaired) electrons. The van der Waals surface area contributed by atoms with Crippen molar-refractivity contribution in [3.05, 3.63) is 34.9 Å². The van der Waals surface area contributed by atoms with Gasteiger partial charge in [0.1, 0.15) is 5.60 Å². The number of fused-ring (bicyclic) bond motifs is 1. The van der Waals surface area contributed by atoms with Crippen molar-refractivity contribution in [2.75, 3.05) is 32.8 Å². The maximum absolute atomic E-state index is 12.3. The molecule has 1 amide bonds. The van der Waals surface area contributed by atoms with E-state index in [1.54, 1.807) is 17.3 Å². The molecule has 0 saturated carbocycles. The number of carbonyl (C=O) groups is 1.